The lowest BCUT2D eigenvalue weighted by Gasteiger charge is -2.26. The number of carbonyl (C=O) groups excluding carboxylic acids is 1. The van der Waals surface area contributed by atoms with Gasteiger partial charge in [-0.3, -0.25) is 4.79 Å². The molecular weight excluding hydrogens is 326 g/mol. The number of carbonyl (C=O) groups is 1. The van der Waals surface area contributed by atoms with E-state index in [4.69, 9.17) is 25.8 Å². The molecule has 0 N–H and O–H groups in total. The zero-order chi connectivity index (χ0) is 15.7. The summed E-state index contributed by atoms with van der Waals surface area (Å²) in [5.41, 5.74) is 0. The fraction of sp³-hybridized carbons (Fsp3) is 0.400. The van der Waals surface area contributed by atoms with Gasteiger partial charge in [-0.25, -0.2) is 0 Å². The molecule has 2 aromatic rings. The topological polar surface area (TPSA) is 48.0 Å². The lowest BCUT2D eigenvalue weighted by Crippen LogP contribution is -2.40. The molecule has 0 atom stereocenters. The van der Waals surface area contributed by atoms with Crippen molar-refractivity contribution in [3.8, 4) is 11.5 Å². The molecule has 0 bridgehead atoms. The van der Waals surface area contributed by atoms with Crippen molar-refractivity contribution in [1.82, 2.24) is 4.90 Å². The van der Waals surface area contributed by atoms with Gasteiger partial charge >= 0.3 is 0 Å². The van der Waals surface area contributed by atoms with Gasteiger partial charge in [-0.05, 0) is 12.1 Å². The largest absolute Gasteiger partial charge is 0.493 e. The first-order valence-electron chi connectivity index (χ1n) is 6.87. The molecule has 0 spiro atoms. The van der Waals surface area contributed by atoms with E-state index >= 15 is 0 Å². The van der Waals surface area contributed by atoms with Crippen molar-refractivity contribution in [2.45, 2.75) is 0 Å². The van der Waals surface area contributed by atoms with Crippen LogP contribution in [0.15, 0.2) is 12.1 Å². The SMILES string of the molecule is COc1ccc2sc(C(=O)N3CCOCC3)c(Cl)c2c1OC. The summed E-state index contributed by atoms with van der Waals surface area (Å²) in [5, 5.41) is 1.15. The third-order valence-electron chi connectivity index (χ3n) is 3.63. The van der Waals surface area contributed by atoms with E-state index in [1.165, 1.54) is 11.3 Å². The average molecular weight is 342 g/mol. The number of fused-ring (bicyclic) bond motifs is 1. The fourth-order valence-corrected chi connectivity index (χ4v) is 4.02. The highest BCUT2D eigenvalue weighted by atomic mass is 35.5. The van der Waals surface area contributed by atoms with Crippen molar-refractivity contribution in [3.63, 3.8) is 0 Å². The number of thiophene rings is 1. The van der Waals surface area contributed by atoms with Crippen LogP contribution >= 0.6 is 22.9 Å². The smallest absolute Gasteiger partial charge is 0.265 e. The van der Waals surface area contributed by atoms with Gasteiger partial charge in [0.25, 0.3) is 5.91 Å². The molecule has 3 rings (SSSR count). The normalized spacial score (nSPS) is 15.1. The third kappa shape index (κ3) is 2.51. The predicted octanol–water partition coefficient (Wildman–Crippen LogP) is 3.04. The Bertz CT molecular complexity index is 709. The molecule has 0 aliphatic carbocycles. The Morgan fingerprint density at radius 2 is 2.00 bits per heavy atom. The number of benzene rings is 1. The summed E-state index contributed by atoms with van der Waals surface area (Å²) in [5.74, 6) is 1.10. The van der Waals surface area contributed by atoms with E-state index in [2.05, 4.69) is 0 Å². The zero-order valence-electron chi connectivity index (χ0n) is 12.3. The molecule has 0 saturated carbocycles. The molecule has 1 aliphatic heterocycles. The van der Waals surface area contributed by atoms with Gasteiger partial charge in [-0.2, -0.15) is 0 Å². The Morgan fingerprint density at radius 1 is 1.27 bits per heavy atom. The van der Waals surface area contributed by atoms with Crippen LogP contribution in [-0.2, 0) is 4.74 Å². The zero-order valence-corrected chi connectivity index (χ0v) is 13.9. The molecular formula is C15H16ClNO4S. The molecule has 22 heavy (non-hydrogen) atoms. The summed E-state index contributed by atoms with van der Waals surface area (Å²) in [4.78, 5) is 15.0. The van der Waals surface area contributed by atoms with E-state index in [0.29, 0.717) is 47.7 Å². The summed E-state index contributed by atoms with van der Waals surface area (Å²) in [6.45, 7) is 2.30. The summed E-state index contributed by atoms with van der Waals surface area (Å²) in [6, 6.07) is 3.71. The third-order valence-corrected chi connectivity index (χ3v) is 5.26. The van der Waals surface area contributed by atoms with Crippen LogP contribution in [0, 0.1) is 0 Å². The molecule has 1 saturated heterocycles. The second kappa shape index (κ2) is 6.32. The first-order valence-corrected chi connectivity index (χ1v) is 8.06. The average Bonchev–Trinajstić information content (AvgIpc) is 2.91. The number of amides is 1. The summed E-state index contributed by atoms with van der Waals surface area (Å²) >= 11 is 7.86. The number of morpholine rings is 1. The van der Waals surface area contributed by atoms with E-state index in [9.17, 15) is 4.79 Å². The van der Waals surface area contributed by atoms with Crippen molar-refractivity contribution in [1.29, 1.82) is 0 Å². The molecule has 1 aromatic carbocycles. The maximum Gasteiger partial charge on any atom is 0.265 e. The van der Waals surface area contributed by atoms with Crippen LogP contribution in [0.4, 0.5) is 0 Å². The molecule has 2 heterocycles. The molecule has 0 unspecified atom stereocenters. The Hall–Kier alpha value is -1.50. The predicted molar refractivity (Wildman–Crippen MR) is 86.7 cm³/mol. The number of hydrogen-bond donors (Lipinski definition) is 0. The van der Waals surface area contributed by atoms with Gasteiger partial charge in [0.1, 0.15) is 4.88 Å². The van der Waals surface area contributed by atoms with Gasteiger partial charge < -0.3 is 19.1 Å². The Balaban J connectivity index is 2.08. The van der Waals surface area contributed by atoms with Crippen LogP contribution in [-0.4, -0.2) is 51.3 Å². The number of ether oxygens (including phenoxy) is 3. The van der Waals surface area contributed by atoms with E-state index in [-0.39, 0.29) is 5.91 Å². The Morgan fingerprint density at radius 3 is 2.64 bits per heavy atom. The summed E-state index contributed by atoms with van der Waals surface area (Å²) in [7, 11) is 3.14. The van der Waals surface area contributed by atoms with Crippen molar-refractivity contribution < 1.29 is 19.0 Å². The minimum absolute atomic E-state index is 0.0597. The van der Waals surface area contributed by atoms with Crippen LogP contribution in [0.25, 0.3) is 10.1 Å². The lowest BCUT2D eigenvalue weighted by atomic mass is 10.2. The Kier molecular flexibility index (Phi) is 4.42. The van der Waals surface area contributed by atoms with E-state index in [1.54, 1.807) is 19.1 Å². The molecule has 1 fully saturated rings. The van der Waals surface area contributed by atoms with E-state index in [1.807, 2.05) is 12.1 Å². The number of halogens is 1. The monoisotopic (exact) mass is 341 g/mol. The maximum absolute atomic E-state index is 12.7. The van der Waals surface area contributed by atoms with Gasteiger partial charge in [0.15, 0.2) is 11.5 Å². The highest BCUT2D eigenvalue weighted by Gasteiger charge is 2.26. The minimum Gasteiger partial charge on any atom is -0.493 e. The molecule has 0 radical (unpaired) electrons. The number of methoxy groups -OCH3 is 2. The first kappa shape index (κ1) is 15.4. The number of rotatable bonds is 3. The number of nitrogens with zero attached hydrogens (tertiary/aromatic N) is 1. The van der Waals surface area contributed by atoms with E-state index in [0.717, 1.165) is 10.1 Å². The van der Waals surface area contributed by atoms with Gasteiger partial charge in [-0.1, -0.05) is 11.6 Å². The summed E-state index contributed by atoms with van der Waals surface area (Å²) in [6.07, 6.45) is 0. The van der Waals surface area contributed by atoms with Crippen molar-refractivity contribution in [2.75, 3.05) is 40.5 Å². The fourth-order valence-electron chi connectivity index (χ4n) is 2.52. The van der Waals surface area contributed by atoms with Gasteiger partial charge in [0, 0.05) is 17.8 Å². The van der Waals surface area contributed by atoms with Crippen LogP contribution in [0.3, 0.4) is 0 Å². The molecule has 7 heteroatoms. The highest BCUT2D eigenvalue weighted by molar-refractivity contribution is 7.21. The maximum atomic E-state index is 12.7. The first-order chi connectivity index (χ1) is 10.7. The lowest BCUT2D eigenvalue weighted by molar-refractivity contribution is 0.0306. The quantitative estimate of drug-likeness (QED) is 0.861. The minimum atomic E-state index is -0.0597. The standard InChI is InChI=1S/C15H16ClNO4S/c1-19-9-3-4-10-11(13(9)20-2)12(16)14(22-10)15(18)17-5-7-21-8-6-17/h3-4H,5-8H2,1-2H3. The van der Waals surface area contributed by atoms with Crippen LogP contribution in [0.2, 0.25) is 5.02 Å². The van der Waals surface area contributed by atoms with Crippen molar-refractivity contribution in [3.05, 3.63) is 22.0 Å². The molecule has 1 aliphatic rings. The molecule has 1 amide bonds. The highest BCUT2D eigenvalue weighted by Crippen LogP contribution is 2.45. The van der Waals surface area contributed by atoms with Crippen LogP contribution < -0.4 is 9.47 Å². The molecule has 1 aromatic heterocycles. The molecule has 118 valence electrons. The second-order valence-corrected chi connectivity index (χ2v) is 6.25. The molecule has 5 nitrogen and oxygen atoms in total. The summed E-state index contributed by atoms with van der Waals surface area (Å²) < 4.78 is 16.9. The Labute approximate surface area is 137 Å². The van der Waals surface area contributed by atoms with Gasteiger partial charge in [0.2, 0.25) is 0 Å². The van der Waals surface area contributed by atoms with Gasteiger partial charge in [0.05, 0.1) is 37.8 Å². The van der Waals surface area contributed by atoms with Gasteiger partial charge in [-0.15, -0.1) is 11.3 Å². The van der Waals surface area contributed by atoms with E-state index < -0.39 is 0 Å². The van der Waals surface area contributed by atoms with Crippen molar-refractivity contribution >= 4 is 38.9 Å². The second-order valence-electron chi connectivity index (χ2n) is 4.82. The van der Waals surface area contributed by atoms with Crippen molar-refractivity contribution in [2.24, 2.45) is 0 Å². The van der Waals surface area contributed by atoms with Crippen LogP contribution in [0.1, 0.15) is 9.67 Å². The number of hydrogen-bond acceptors (Lipinski definition) is 5. The van der Waals surface area contributed by atoms with Crippen LogP contribution in [0.5, 0.6) is 11.5 Å².